The second-order valence-electron chi connectivity index (χ2n) is 11.5. The number of carbonyl (C=O) groups is 5. The molecule has 5 N–H and O–H groups in total. The van der Waals surface area contributed by atoms with Crippen LogP contribution in [0.3, 0.4) is 0 Å². The first-order chi connectivity index (χ1) is 19.8. The van der Waals surface area contributed by atoms with Crippen molar-refractivity contribution in [1.82, 2.24) is 4.90 Å². The molecular formula is C31H31ClN2O8. The van der Waals surface area contributed by atoms with Crippen LogP contribution in [0.4, 0.5) is 0 Å². The third-order valence-electron chi connectivity index (χ3n) is 9.11. The summed E-state index contributed by atoms with van der Waals surface area (Å²) in [6.45, 7) is 1.67. The molecule has 2 fully saturated rings. The van der Waals surface area contributed by atoms with Crippen LogP contribution in [0.1, 0.15) is 45.5 Å². The number of benzene rings is 2. The van der Waals surface area contributed by atoms with E-state index < -0.39 is 76.4 Å². The van der Waals surface area contributed by atoms with Crippen molar-refractivity contribution in [2.45, 2.75) is 36.5 Å². The zero-order valence-corrected chi connectivity index (χ0v) is 23.9. The molecule has 3 aliphatic rings. The van der Waals surface area contributed by atoms with Crippen LogP contribution >= 0.6 is 11.6 Å². The maximum atomic E-state index is 14.0. The van der Waals surface area contributed by atoms with E-state index in [9.17, 15) is 39.3 Å². The largest absolute Gasteiger partial charge is 0.507 e. The first-order valence-corrected chi connectivity index (χ1v) is 14.0. The number of phenols is 1. The van der Waals surface area contributed by atoms with Crippen molar-refractivity contribution in [3.05, 3.63) is 64.2 Å². The van der Waals surface area contributed by atoms with Gasteiger partial charge in [0.25, 0.3) is 0 Å². The summed E-state index contributed by atoms with van der Waals surface area (Å²) in [5.41, 5.74) is 4.57. The third-order valence-corrected chi connectivity index (χ3v) is 9.42. The Morgan fingerprint density at radius 2 is 1.69 bits per heavy atom. The van der Waals surface area contributed by atoms with E-state index >= 15 is 0 Å². The fourth-order valence-corrected chi connectivity index (χ4v) is 7.22. The number of hydrogen-bond donors (Lipinski definition) is 4. The van der Waals surface area contributed by atoms with E-state index in [-0.39, 0.29) is 16.9 Å². The molecular weight excluding hydrogens is 564 g/mol. The van der Waals surface area contributed by atoms with Crippen LogP contribution in [-0.4, -0.2) is 81.1 Å². The summed E-state index contributed by atoms with van der Waals surface area (Å²) in [6, 6.07) is 9.22. The van der Waals surface area contributed by atoms with Crippen LogP contribution in [0.2, 0.25) is 0 Å². The number of alkyl halides is 1. The number of likely N-dealkylation sites (N-methyl/N-ethyl adjacent to an activating group) is 1. The monoisotopic (exact) mass is 594 g/mol. The highest BCUT2D eigenvalue weighted by atomic mass is 35.5. The lowest BCUT2D eigenvalue weighted by atomic mass is 9.49. The minimum absolute atomic E-state index is 0.152. The standard InChI is InChI=1S/C31H31ClN2O8/c1-13-17-11-10-16(9-8-14-4-6-15(12-32)7-5-14)24(35)19(17)25(36)20-18(13)26(37)22-23(34(2)3)27(38)21(30(33)41)29(40)31(22,42)28(20)39/h4-11,13,18,20-23,26,35,37,42H,12H2,1-3H3,(H2,33,41)/b9-8+/t13-,18+,20?,21?,22+,23-,26-,31-/m0/s1. The number of fused-ring (bicyclic) bond motifs is 3. The van der Waals surface area contributed by atoms with Crippen molar-refractivity contribution in [1.29, 1.82) is 0 Å². The maximum absolute atomic E-state index is 14.0. The van der Waals surface area contributed by atoms with E-state index in [1.807, 2.05) is 24.3 Å². The van der Waals surface area contributed by atoms with Crippen LogP contribution in [0.25, 0.3) is 12.2 Å². The fraction of sp³-hybridized carbons (Fsp3) is 0.387. The third kappa shape index (κ3) is 4.16. The molecule has 1 amide bonds. The Kier molecular flexibility index (Phi) is 7.47. The SMILES string of the molecule is C[C@H]1c2ccc(/C=C/c3ccc(CCl)cc3)c(O)c2C(=O)C2C(=O)[C@]3(O)C(=O)C(C(N)=O)C(=O)[C@@H](N(C)C)[C@@H]3[C@@H](O)[C@@H]21. The predicted octanol–water partition coefficient (Wildman–Crippen LogP) is 1.31. The highest BCUT2D eigenvalue weighted by molar-refractivity contribution is 6.32. The summed E-state index contributed by atoms with van der Waals surface area (Å²) in [6.07, 6.45) is 1.66. The van der Waals surface area contributed by atoms with E-state index in [4.69, 9.17) is 17.3 Å². The van der Waals surface area contributed by atoms with Gasteiger partial charge in [-0.2, -0.15) is 0 Å². The van der Waals surface area contributed by atoms with Crippen molar-refractivity contribution >= 4 is 52.8 Å². The van der Waals surface area contributed by atoms with Gasteiger partial charge in [-0.1, -0.05) is 55.5 Å². The molecule has 0 saturated heterocycles. The van der Waals surface area contributed by atoms with Crippen LogP contribution < -0.4 is 5.73 Å². The van der Waals surface area contributed by atoms with Gasteiger partial charge in [0, 0.05) is 17.4 Å². The Labute approximate surface area is 246 Å². The number of carbonyl (C=O) groups excluding carboxylic acids is 5. The minimum atomic E-state index is -3.03. The lowest BCUT2D eigenvalue weighted by molar-refractivity contribution is -0.196. The lowest BCUT2D eigenvalue weighted by Gasteiger charge is -2.56. The van der Waals surface area contributed by atoms with Gasteiger partial charge in [-0.3, -0.25) is 28.9 Å². The first-order valence-electron chi connectivity index (χ1n) is 13.5. The zero-order chi connectivity index (χ0) is 30.8. The molecule has 3 aliphatic carbocycles. The number of hydrogen-bond acceptors (Lipinski definition) is 9. The number of rotatable bonds is 5. The van der Waals surface area contributed by atoms with Gasteiger partial charge in [0.05, 0.1) is 29.5 Å². The van der Waals surface area contributed by atoms with Gasteiger partial charge in [0.15, 0.2) is 34.7 Å². The molecule has 0 heterocycles. The number of aliphatic hydroxyl groups is 2. The molecule has 2 saturated carbocycles. The second-order valence-corrected chi connectivity index (χ2v) is 11.8. The van der Waals surface area contributed by atoms with E-state index in [1.165, 1.54) is 19.0 Å². The summed E-state index contributed by atoms with van der Waals surface area (Å²) in [5.74, 6) is -13.1. The van der Waals surface area contributed by atoms with Gasteiger partial charge >= 0.3 is 0 Å². The number of aliphatic hydroxyl groups excluding tert-OH is 1. The van der Waals surface area contributed by atoms with Gasteiger partial charge in [0.2, 0.25) is 5.91 Å². The van der Waals surface area contributed by atoms with Gasteiger partial charge < -0.3 is 21.1 Å². The van der Waals surface area contributed by atoms with Gasteiger partial charge in [-0.05, 0) is 36.7 Å². The molecule has 0 aliphatic heterocycles. The normalized spacial score (nSPS) is 32.6. The topological polar surface area (TPSA) is 175 Å². The van der Waals surface area contributed by atoms with Crippen molar-refractivity contribution in [2.24, 2.45) is 29.4 Å². The van der Waals surface area contributed by atoms with Gasteiger partial charge in [0.1, 0.15) is 5.75 Å². The molecule has 8 atom stereocenters. The smallest absolute Gasteiger partial charge is 0.235 e. The molecule has 5 rings (SSSR count). The number of halogens is 1. The molecule has 2 aromatic rings. The summed E-state index contributed by atoms with van der Waals surface area (Å²) in [7, 11) is 2.90. The van der Waals surface area contributed by atoms with Crippen molar-refractivity contribution in [2.75, 3.05) is 14.1 Å². The predicted molar refractivity (Wildman–Crippen MR) is 152 cm³/mol. The molecule has 2 unspecified atom stereocenters. The van der Waals surface area contributed by atoms with Gasteiger partial charge in [-0.25, -0.2) is 0 Å². The highest BCUT2D eigenvalue weighted by Crippen LogP contribution is 2.54. The fourth-order valence-electron chi connectivity index (χ4n) is 7.04. The molecule has 0 bridgehead atoms. The van der Waals surface area contributed by atoms with Crippen molar-refractivity contribution in [3.8, 4) is 5.75 Å². The maximum Gasteiger partial charge on any atom is 0.235 e. The number of phenolic OH excluding ortho intramolecular Hbond substituents is 1. The highest BCUT2D eigenvalue weighted by Gasteiger charge is 2.72. The summed E-state index contributed by atoms with van der Waals surface area (Å²) in [4.78, 5) is 68.2. The van der Waals surface area contributed by atoms with E-state index in [0.717, 1.165) is 11.1 Å². The number of nitrogens with zero attached hydrogens (tertiary/aromatic N) is 1. The van der Waals surface area contributed by atoms with Crippen LogP contribution in [0.15, 0.2) is 36.4 Å². The average Bonchev–Trinajstić information content (AvgIpc) is 2.94. The second kappa shape index (κ2) is 10.5. The van der Waals surface area contributed by atoms with Crippen LogP contribution in [-0.2, 0) is 25.1 Å². The Morgan fingerprint density at radius 1 is 1.05 bits per heavy atom. The number of ketones is 4. The molecule has 0 aromatic heterocycles. The van der Waals surface area contributed by atoms with E-state index in [0.29, 0.717) is 11.4 Å². The Morgan fingerprint density at radius 3 is 2.26 bits per heavy atom. The molecule has 11 heteroatoms. The van der Waals surface area contributed by atoms with E-state index in [2.05, 4.69) is 0 Å². The molecule has 2 aromatic carbocycles. The zero-order valence-electron chi connectivity index (χ0n) is 23.2. The molecule has 10 nitrogen and oxygen atoms in total. The van der Waals surface area contributed by atoms with Gasteiger partial charge in [-0.15, -0.1) is 11.6 Å². The number of primary amides is 1. The Balaban J connectivity index is 1.61. The molecule has 220 valence electrons. The van der Waals surface area contributed by atoms with Crippen molar-refractivity contribution in [3.63, 3.8) is 0 Å². The molecule has 0 radical (unpaired) electrons. The molecule has 0 spiro atoms. The number of amides is 1. The summed E-state index contributed by atoms with van der Waals surface area (Å²) < 4.78 is 0. The lowest BCUT2D eigenvalue weighted by Crippen LogP contribution is -2.77. The Hall–Kier alpha value is -3.70. The van der Waals surface area contributed by atoms with Crippen molar-refractivity contribution < 1.29 is 39.3 Å². The molecule has 42 heavy (non-hydrogen) atoms. The minimum Gasteiger partial charge on any atom is -0.507 e. The van der Waals surface area contributed by atoms with E-state index in [1.54, 1.807) is 31.2 Å². The average molecular weight is 595 g/mol. The first kappa shape index (κ1) is 29.8. The number of aromatic hydroxyl groups is 1. The van der Waals surface area contributed by atoms with Crippen LogP contribution in [0, 0.1) is 23.7 Å². The number of nitrogens with two attached hydrogens (primary N) is 1. The number of Topliss-reactive ketones (excluding diaryl/α,β-unsaturated/α-hetero) is 4. The summed E-state index contributed by atoms with van der Waals surface area (Å²) >= 11 is 5.84. The van der Waals surface area contributed by atoms with Crippen LogP contribution in [0.5, 0.6) is 5.75 Å². The Bertz CT molecular complexity index is 1550. The quantitative estimate of drug-likeness (QED) is 0.226. The summed E-state index contributed by atoms with van der Waals surface area (Å²) in [5, 5.41) is 34.6.